The molecule has 114 valence electrons. The first-order valence-corrected chi connectivity index (χ1v) is 7.34. The fraction of sp³-hybridized carbons (Fsp3) is 0.250. The summed E-state index contributed by atoms with van der Waals surface area (Å²) in [5, 5.41) is 0. The number of halogens is 2. The van der Waals surface area contributed by atoms with Crippen molar-refractivity contribution in [1.29, 1.82) is 0 Å². The van der Waals surface area contributed by atoms with Gasteiger partial charge in [0, 0.05) is 32.2 Å². The van der Waals surface area contributed by atoms with Crippen LogP contribution in [0.3, 0.4) is 0 Å². The second kappa shape index (κ2) is 5.41. The maximum atomic E-state index is 13.7. The first-order valence-electron chi connectivity index (χ1n) is 5.90. The van der Waals surface area contributed by atoms with Crippen molar-refractivity contribution >= 4 is 15.7 Å². The van der Waals surface area contributed by atoms with Crippen molar-refractivity contribution in [3.63, 3.8) is 0 Å². The number of hydrogen-bond donors (Lipinski definition) is 1. The molecule has 1 aromatic carbocycles. The van der Waals surface area contributed by atoms with E-state index in [0.717, 1.165) is 16.4 Å². The van der Waals surface area contributed by atoms with Crippen molar-refractivity contribution < 1.29 is 17.2 Å². The lowest BCUT2D eigenvalue weighted by molar-refractivity contribution is 0.437. The lowest BCUT2D eigenvalue weighted by Crippen LogP contribution is -2.28. The summed E-state index contributed by atoms with van der Waals surface area (Å²) in [5.41, 5.74) is 5.21. The number of nitrogens with two attached hydrogens (primary N) is 1. The fourth-order valence-electron chi connectivity index (χ4n) is 1.77. The van der Waals surface area contributed by atoms with E-state index in [9.17, 15) is 17.2 Å². The summed E-state index contributed by atoms with van der Waals surface area (Å²) in [5.74, 6) is -2.29. The van der Waals surface area contributed by atoms with Gasteiger partial charge in [0.25, 0.3) is 0 Å². The molecule has 0 spiro atoms. The smallest absolute Gasteiger partial charge is 0.246 e. The van der Waals surface area contributed by atoms with Crippen LogP contribution in [0.4, 0.5) is 14.5 Å². The second-order valence-electron chi connectivity index (χ2n) is 4.53. The van der Waals surface area contributed by atoms with Gasteiger partial charge >= 0.3 is 0 Å². The van der Waals surface area contributed by atoms with Gasteiger partial charge in [0.2, 0.25) is 10.0 Å². The number of anilines is 1. The van der Waals surface area contributed by atoms with E-state index >= 15 is 0 Å². The predicted molar refractivity (Wildman–Crippen MR) is 72.6 cm³/mol. The molecule has 6 nitrogen and oxygen atoms in total. The number of nitrogens with zero attached hydrogens (tertiary/aromatic N) is 3. The molecule has 0 unspecified atom stereocenters. The molecule has 1 aromatic heterocycles. The van der Waals surface area contributed by atoms with Crippen LogP contribution in [-0.2, 0) is 23.6 Å². The molecule has 0 aliphatic heterocycles. The Bertz CT molecular complexity index is 774. The van der Waals surface area contributed by atoms with Gasteiger partial charge in [-0.2, -0.15) is 4.31 Å². The highest BCUT2D eigenvalue weighted by Crippen LogP contribution is 2.24. The molecule has 9 heteroatoms. The molecule has 0 saturated heterocycles. The van der Waals surface area contributed by atoms with Crippen LogP contribution in [0.25, 0.3) is 0 Å². The molecule has 0 aliphatic rings. The van der Waals surface area contributed by atoms with E-state index in [4.69, 9.17) is 5.73 Å². The van der Waals surface area contributed by atoms with Gasteiger partial charge in [-0.3, -0.25) is 0 Å². The van der Waals surface area contributed by atoms with Crippen molar-refractivity contribution in [2.24, 2.45) is 7.05 Å². The number of benzene rings is 1. The van der Waals surface area contributed by atoms with E-state index in [-0.39, 0.29) is 12.2 Å². The Balaban J connectivity index is 2.40. The Kier molecular flexibility index (Phi) is 3.97. The maximum Gasteiger partial charge on any atom is 0.246 e. The second-order valence-corrected chi connectivity index (χ2v) is 6.54. The number of hydrogen-bond acceptors (Lipinski definition) is 4. The SMILES string of the molecule is CN(Cc1nccn1C)S(=O)(=O)c1cc(N)cc(F)c1F. The van der Waals surface area contributed by atoms with Crippen LogP contribution in [0.5, 0.6) is 0 Å². The highest BCUT2D eigenvalue weighted by molar-refractivity contribution is 7.89. The van der Waals surface area contributed by atoms with Crippen LogP contribution >= 0.6 is 0 Å². The molecule has 2 rings (SSSR count). The van der Waals surface area contributed by atoms with Crippen LogP contribution in [0.2, 0.25) is 0 Å². The van der Waals surface area contributed by atoms with Gasteiger partial charge in [-0.1, -0.05) is 0 Å². The highest BCUT2D eigenvalue weighted by atomic mass is 32.2. The van der Waals surface area contributed by atoms with Crippen molar-refractivity contribution in [2.75, 3.05) is 12.8 Å². The number of sulfonamides is 1. The molecule has 0 atom stereocenters. The Hall–Kier alpha value is -2.00. The van der Waals surface area contributed by atoms with Crippen molar-refractivity contribution in [2.45, 2.75) is 11.4 Å². The Morgan fingerprint density at radius 3 is 2.62 bits per heavy atom. The number of rotatable bonds is 4. The summed E-state index contributed by atoms with van der Waals surface area (Å²) in [6.07, 6.45) is 3.16. The minimum atomic E-state index is -4.22. The van der Waals surface area contributed by atoms with Gasteiger partial charge in [0.05, 0.1) is 6.54 Å². The van der Waals surface area contributed by atoms with Crippen LogP contribution in [0.1, 0.15) is 5.82 Å². The topological polar surface area (TPSA) is 81.2 Å². The Morgan fingerprint density at radius 2 is 2.05 bits per heavy atom. The van der Waals surface area contributed by atoms with E-state index in [0.29, 0.717) is 5.82 Å². The Labute approximate surface area is 120 Å². The van der Waals surface area contributed by atoms with E-state index < -0.39 is 26.6 Å². The van der Waals surface area contributed by atoms with Crippen molar-refractivity contribution in [1.82, 2.24) is 13.9 Å². The molecule has 0 aliphatic carbocycles. The Morgan fingerprint density at radius 1 is 1.38 bits per heavy atom. The lowest BCUT2D eigenvalue weighted by Gasteiger charge is -2.17. The molecule has 21 heavy (non-hydrogen) atoms. The molecule has 0 radical (unpaired) electrons. The zero-order valence-electron chi connectivity index (χ0n) is 11.4. The molecular formula is C12H14F2N4O2S. The molecule has 0 bridgehead atoms. The van der Waals surface area contributed by atoms with Gasteiger partial charge in [-0.15, -0.1) is 0 Å². The van der Waals surface area contributed by atoms with Gasteiger partial charge in [-0.05, 0) is 12.1 Å². The fourth-order valence-corrected chi connectivity index (χ4v) is 3.00. The summed E-state index contributed by atoms with van der Waals surface area (Å²) in [6.45, 7) is -0.0817. The minimum absolute atomic E-state index is 0.0817. The molecule has 0 amide bonds. The summed E-state index contributed by atoms with van der Waals surface area (Å²) >= 11 is 0. The number of imidazole rings is 1. The molecule has 0 fully saturated rings. The first kappa shape index (κ1) is 15.4. The minimum Gasteiger partial charge on any atom is -0.399 e. The quantitative estimate of drug-likeness (QED) is 0.857. The van der Waals surface area contributed by atoms with Gasteiger partial charge in [0.15, 0.2) is 11.6 Å². The van der Waals surface area contributed by atoms with Crippen LogP contribution in [-0.4, -0.2) is 29.3 Å². The normalized spacial score (nSPS) is 12.0. The number of aryl methyl sites for hydroxylation is 1. The van der Waals surface area contributed by atoms with E-state index in [1.165, 1.54) is 13.2 Å². The average molecular weight is 316 g/mol. The lowest BCUT2D eigenvalue weighted by atomic mass is 10.3. The van der Waals surface area contributed by atoms with E-state index in [1.54, 1.807) is 17.8 Å². The summed E-state index contributed by atoms with van der Waals surface area (Å²) in [7, 11) is -1.27. The largest absolute Gasteiger partial charge is 0.399 e. The molecule has 2 N–H and O–H groups in total. The standard InChI is InChI=1S/C12H14F2N4O2S/c1-17-4-3-16-11(17)7-18(2)21(19,20)10-6-8(15)5-9(13)12(10)14/h3-6H,7,15H2,1-2H3. The highest BCUT2D eigenvalue weighted by Gasteiger charge is 2.27. The monoisotopic (exact) mass is 316 g/mol. The number of aromatic nitrogens is 2. The molecule has 1 heterocycles. The van der Waals surface area contributed by atoms with Crippen molar-refractivity contribution in [3.8, 4) is 0 Å². The zero-order chi connectivity index (χ0) is 15.8. The summed E-state index contributed by atoms with van der Waals surface area (Å²) in [4.78, 5) is 3.19. The van der Waals surface area contributed by atoms with Gasteiger partial charge in [-0.25, -0.2) is 22.2 Å². The van der Waals surface area contributed by atoms with Gasteiger partial charge < -0.3 is 10.3 Å². The third kappa shape index (κ3) is 2.88. The third-order valence-electron chi connectivity index (χ3n) is 2.99. The van der Waals surface area contributed by atoms with Crippen LogP contribution in [0.15, 0.2) is 29.4 Å². The third-order valence-corrected chi connectivity index (χ3v) is 4.79. The van der Waals surface area contributed by atoms with Crippen LogP contribution < -0.4 is 5.73 Å². The summed E-state index contributed by atoms with van der Waals surface area (Å²) in [6, 6.07) is 1.62. The maximum absolute atomic E-state index is 13.7. The predicted octanol–water partition coefficient (Wildman–Crippen LogP) is 1.10. The summed E-state index contributed by atoms with van der Waals surface area (Å²) < 4.78 is 54.2. The van der Waals surface area contributed by atoms with E-state index in [2.05, 4.69) is 4.98 Å². The average Bonchev–Trinajstić information content (AvgIpc) is 2.79. The van der Waals surface area contributed by atoms with E-state index in [1.807, 2.05) is 0 Å². The molecule has 0 saturated carbocycles. The first-order chi connectivity index (χ1) is 9.73. The molecular weight excluding hydrogens is 302 g/mol. The van der Waals surface area contributed by atoms with Gasteiger partial charge in [0.1, 0.15) is 10.7 Å². The van der Waals surface area contributed by atoms with Crippen molar-refractivity contribution in [3.05, 3.63) is 42.0 Å². The number of nitrogen functional groups attached to an aromatic ring is 1. The molecule has 2 aromatic rings. The van der Waals surface area contributed by atoms with Crippen LogP contribution in [0, 0.1) is 11.6 Å². The zero-order valence-corrected chi connectivity index (χ0v) is 12.2.